The van der Waals surface area contributed by atoms with Gasteiger partial charge in [0.25, 0.3) is 0 Å². The average Bonchev–Trinajstić information content (AvgIpc) is 2.38. The molecule has 1 aromatic carbocycles. The third-order valence-electron chi connectivity index (χ3n) is 3.38. The van der Waals surface area contributed by atoms with Crippen molar-refractivity contribution >= 4 is 15.9 Å². The molecule has 0 spiro atoms. The van der Waals surface area contributed by atoms with Gasteiger partial charge in [0.05, 0.1) is 0 Å². The van der Waals surface area contributed by atoms with Crippen molar-refractivity contribution in [3.8, 4) is 0 Å². The molecule has 0 aromatic heterocycles. The smallest absolute Gasteiger partial charge is 0.129 e. The summed E-state index contributed by atoms with van der Waals surface area (Å²) in [7, 11) is 0. The van der Waals surface area contributed by atoms with E-state index in [-0.39, 0.29) is 11.9 Å². The Morgan fingerprint density at radius 1 is 1.16 bits per heavy atom. The van der Waals surface area contributed by atoms with E-state index < -0.39 is 0 Å². The summed E-state index contributed by atoms with van der Waals surface area (Å²) in [5.74, 6) is -0.117. The van der Waals surface area contributed by atoms with Crippen LogP contribution in [0.3, 0.4) is 0 Å². The Morgan fingerprint density at radius 2 is 1.89 bits per heavy atom. The number of halogens is 2. The van der Waals surface area contributed by atoms with Gasteiger partial charge in [-0.05, 0) is 25.1 Å². The fourth-order valence-corrected chi connectivity index (χ4v) is 2.68. The van der Waals surface area contributed by atoms with Gasteiger partial charge >= 0.3 is 0 Å². The van der Waals surface area contributed by atoms with Crippen LogP contribution in [0.2, 0.25) is 0 Å². The standard InChI is InChI=1S/C16H25BrFN/c1-3-5-6-7-8-9-16(19-4-2)14-11-10-13(17)12-15(14)18/h10-12,16,19H,3-9H2,1-2H3. The van der Waals surface area contributed by atoms with E-state index in [1.807, 2.05) is 12.1 Å². The van der Waals surface area contributed by atoms with E-state index in [1.165, 1.54) is 25.7 Å². The quantitative estimate of drug-likeness (QED) is 0.581. The molecule has 1 aromatic rings. The predicted molar refractivity (Wildman–Crippen MR) is 83.9 cm³/mol. The molecule has 19 heavy (non-hydrogen) atoms. The van der Waals surface area contributed by atoms with Crippen molar-refractivity contribution < 1.29 is 4.39 Å². The second kappa shape index (κ2) is 9.49. The van der Waals surface area contributed by atoms with E-state index in [0.717, 1.165) is 29.4 Å². The second-order valence-electron chi connectivity index (χ2n) is 4.98. The van der Waals surface area contributed by atoms with E-state index >= 15 is 0 Å². The zero-order valence-corrected chi connectivity index (χ0v) is 13.6. The van der Waals surface area contributed by atoms with Crippen molar-refractivity contribution in [1.82, 2.24) is 5.32 Å². The molecule has 0 saturated carbocycles. The molecule has 0 heterocycles. The fraction of sp³-hybridized carbons (Fsp3) is 0.625. The Hall–Kier alpha value is -0.410. The minimum atomic E-state index is -0.117. The van der Waals surface area contributed by atoms with Gasteiger partial charge in [-0.2, -0.15) is 0 Å². The number of nitrogens with one attached hydrogen (secondary N) is 1. The minimum Gasteiger partial charge on any atom is -0.310 e. The number of benzene rings is 1. The molecule has 108 valence electrons. The molecule has 1 nitrogen and oxygen atoms in total. The molecule has 1 atom stereocenters. The van der Waals surface area contributed by atoms with Crippen LogP contribution in [-0.4, -0.2) is 6.54 Å². The van der Waals surface area contributed by atoms with Crippen LogP contribution < -0.4 is 5.32 Å². The second-order valence-corrected chi connectivity index (χ2v) is 5.89. The summed E-state index contributed by atoms with van der Waals surface area (Å²) in [6, 6.07) is 5.50. The Balaban J connectivity index is 2.55. The maximum absolute atomic E-state index is 14.0. The highest BCUT2D eigenvalue weighted by atomic mass is 79.9. The lowest BCUT2D eigenvalue weighted by Crippen LogP contribution is -2.21. The zero-order chi connectivity index (χ0) is 14.1. The highest BCUT2D eigenvalue weighted by Gasteiger charge is 2.14. The topological polar surface area (TPSA) is 12.0 Å². The van der Waals surface area contributed by atoms with Crippen LogP contribution in [0.5, 0.6) is 0 Å². The third-order valence-corrected chi connectivity index (χ3v) is 3.88. The monoisotopic (exact) mass is 329 g/mol. The van der Waals surface area contributed by atoms with E-state index in [2.05, 4.69) is 35.1 Å². The summed E-state index contributed by atoms with van der Waals surface area (Å²) in [4.78, 5) is 0. The van der Waals surface area contributed by atoms with Crippen molar-refractivity contribution in [3.63, 3.8) is 0 Å². The molecule has 1 rings (SSSR count). The van der Waals surface area contributed by atoms with E-state index in [1.54, 1.807) is 6.07 Å². The summed E-state index contributed by atoms with van der Waals surface area (Å²) >= 11 is 3.31. The minimum absolute atomic E-state index is 0.117. The lowest BCUT2D eigenvalue weighted by atomic mass is 9.99. The Morgan fingerprint density at radius 3 is 2.53 bits per heavy atom. The molecule has 0 amide bonds. The van der Waals surface area contributed by atoms with Gasteiger partial charge in [-0.15, -0.1) is 0 Å². The van der Waals surface area contributed by atoms with Gasteiger partial charge < -0.3 is 5.32 Å². The fourth-order valence-electron chi connectivity index (χ4n) is 2.35. The van der Waals surface area contributed by atoms with Crippen LogP contribution in [0.1, 0.15) is 64.0 Å². The highest BCUT2D eigenvalue weighted by Crippen LogP contribution is 2.25. The van der Waals surface area contributed by atoms with Gasteiger partial charge in [-0.25, -0.2) is 4.39 Å². The van der Waals surface area contributed by atoms with Crippen LogP contribution >= 0.6 is 15.9 Å². The van der Waals surface area contributed by atoms with Gasteiger partial charge in [0.1, 0.15) is 5.82 Å². The van der Waals surface area contributed by atoms with E-state index in [9.17, 15) is 4.39 Å². The molecule has 1 unspecified atom stereocenters. The number of hydrogen-bond acceptors (Lipinski definition) is 1. The summed E-state index contributed by atoms with van der Waals surface area (Å²) in [6.45, 7) is 5.16. The first-order chi connectivity index (χ1) is 9.19. The summed E-state index contributed by atoms with van der Waals surface area (Å²) in [6.07, 6.45) is 7.27. The van der Waals surface area contributed by atoms with Gasteiger partial charge in [0, 0.05) is 16.1 Å². The molecule has 0 aliphatic heterocycles. The van der Waals surface area contributed by atoms with Gasteiger partial charge in [-0.1, -0.05) is 67.9 Å². The van der Waals surface area contributed by atoms with Crippen molar-refractivity contribution in [2.75, 3.05) is 6.54 Å². The lowest BCUT2D eigenvalue weighted by Gasteiger charge is -2.19. The van der Waals surface area contributed by atoms with Crippen molar-refractivity contribution in [3.05, 3.63) is 34.1 Å². The molecule has 0 fully saturated rings. The van der Waals surface area contributed by atoms with Crippen LogP contribution in [0.15, 0.2) is 22.7 Å². The average molecular weight is 330 g/mol. The Labute approximate surface area is 125 Å². The largest absolute Gasteiger partial charge is 0.310 e. The first-order valence-corrected chi connectivity index (χ1v) is 8.16. The molecule has 0 aliphatic carbocycles. The maximum Gasteiger partial charge on any atom is 0.129 e. The van der Waals surface area contributed by atoms with Crippen LogP contribution in [-0.2, 0) is 0 Å². The molecular formula is C16H25BrFN. The van der Waals surface area contributed by atoms with Crippen LogP contribution in [0.25, 0.3) is 0 Å². The molecular weight excluding hydrogens is 305 g/mol. The molecule has 1 N–H and O–H groups in total. The number of rotatable bonds is 9. The van der Waals surface area contributed by atoms with Crippen LogP contribution in [0.4, 0.5) is 4.39 Å². The Bertz CT molecular complexity index is 368. The summed E-state index contributed by atoms with van der Waals surface area (Å²) in [5, 5.41) is 3.39. The first kappa shape index (κ1) is 16.6. The van der Waals surface area contributed by atoms with Crippen molar-refractivity contribution in [1.29, 1.82) is 0 Å². The molecule has 0 aliphatic rings. The van der Waals surface area contributed by atoms with Gasteiger partial charge in [0.15, 0.2) is 0 Å². The highest BCUT2D eigenvalue weighted by molar-refractivity contribution is 9.10. The van der Waals surface area contributed by atoms with Crippen molar-refractivity contribution in [2.24, 2.45) is 0 Å². The zero-order valence-electron chi connectivity index (χ0n) is 12.0. The van der Waals surface area contributed by atoms with Crippen molar-refractivity contribution in [2.45, 2.75) is 58.4 Å². The maximum atomic E-state index is 14.0. The number of hydrogen-bond donors (Lipinski definition) is 1. The molecule has 3 heteroatoms. The first-order valence-electron chi connectivity index (χ1n) is 7.37. The number of unbranched alkanes of at least 4 members (excludes halogenated alkanes) is 4. The van der Waals surface area contributed by atoms with E-state index in [4.69, 9.17) is 0 Å². The Kier molecular flexibility index (Phi) is 8.31. The van der Waals surface area contributed by atoms with Crippen LogP contribution in [0, 0.1) is 5.82 Å². The predicted octanol–water partition coefficient (Wildman–Crippen LogP) is 5.60. The lowest BCUT2D eigenvalue weighted by molar-refractivity contribution is 0.459. The molecule has 0 bridgehead atoms. The molecule has 0 saturated heterocycles. The normalized spacial score (nSPS) is 12.6. The summed E-state index contributed by atoms with van der Waals surface area (Å²) in [5.41, 5.74) is 0.792. The molecule has 0 radical (unpaired) electrons. The summed E-state index contributed by atoms with van der Waals surface area (Å²) < 4.78 is 14.8. The SMILES string of the molecule is CCCCCCCC(NCC)c1ccc(Br)cc1F. The van der Waals surface area contributed by atoms with E-state index in [0.29, 0.717) is 0 Å². The van der Waals surface area contributed by atoms with Gasteiger partial charge in [-0.3, -0.25) is 0 Å². The van der Waals surface area contributed by atoms with Gasteiger partial charge in [0.2, 0.25) is 0 Å². The third kappa shape index (κ3) is 6.05.